The van der Waals surface area contributed by atoms with Gasteiger partial charge in [0.25, 0.3) is 0 Å². The van der Waals surface area contributed by atoms with E-state index in [1.807, 2.05) is 62.4 Å². The largest absolute Gasteiger partial charge is 0.352 e. The summed E-state index contributed by atoms with van der Waals surface area (Å²) in [6.45, 7) is 6.11. The molecule has 1 N–H and O–H groups in total. The van der Waals surface area contributed by atoms with Crippen molar-refractivity contribution in [1.29, 1.82) is 0 Å². The van der Waals surface area contributed by atoms with Crippen LogP contribution in [0.5, 0.6) is 0 Å². The van der Waals surface area contributed by atoms with Crippen LogP contribution >= 0.6 is 35.0 Å². The zero-order chi connectivity index (χ0) is 26.1. The van der Waals surface area contributed by atoms with Crippen molar-refractivity contribution in [2.24, 2.45) is 0 Å². The molecule has 0 saturated carbocycles. The molecule has 3 aromatic rings. The van der Waals surface area contributed by atoms with E-state index < -0.39 is 6.04 Å². The highest BCUT2D eigenvalue weighted by Crippen LogP contribution is 2.25. The summed E-state index contributed by atoms with van der Waals surface area (Å²) >= 11 is 14.1. The number of halogens is 2. The molecular weight excluding hydrogens is 511 g/mol. The summed E-state index contributed by atoms with van der Waals surface area (Å²) in [4.78, 5) is 28.7. The molecule has 0 heterocycles. The molecule has 4 nitrogen and oxygen atoms in total. The fourth-order valence-corrected chi connectivity index (χ4v) is 5.33. The van der Waals surface area contributed by atoms with Crippen LogP contribution in [0.15, 0.2) is 72.8 Å². The Morgan fingerprint density at radius 1 is 0.944 bits per heavy atom. The van der Waals surface area contributed by atoms with Gasteiger partial charge in [-0.15, -0.1) is 11.8 Å². The molecule has 1 atom stereocenters. The maximum absolute atomic E-state index is 13.7. The van der Waals surface area contributed by atoms with Crippen LogP contribution in [0.2, 0.25) is 10.0 Å². The molecule has 3 aromatic carbocycles. The highest BCUT2D eigenvalue weighted by Gasteiger charge is 2.31. The van der Waals surface area contributed by atoms with Gasteiger partial charge in [-0.05, 0) is 55.2 Å². The van der Waals surface area contributed by atoms with Crippen LogP contribution in [0.4, 0.5) is 0 Å². The minimum Gasteiger partial charge on any atom is -0.352 e. The minimum atomic E-state index is -0.687. The second kappa shape index (κ2) is 13.7. The number of amides is 2. The van der Waals surface area contributed by atoms with E-state index in [-0.39, 0.29) is 30.2 Å². The van der Waals surface area contributed by atoms with Crippen molar-refractivity contribution in [3.63, 3.8) is 0 Å². The first-order valence-electron chi connectivity index (χ1n) is 11.9. The van der Waals surface area contributed by atoms with Gasteiger partial charge in [-0.25, -0.2) is 0 Å². The molecule has 0 bridgehead atoms. The van der Waals surface area contributed by atoms with E-state index in [2.05, 4.69) is 24.4 Å². The fraction of sp³-hybridized carbons (Fsp3) is 0.310. The predicted molar refractivity (Wildman–Crippen MR) is 152 cm³/mol. The molecule has 0 aliphatic carbocycles. The second-order valence-electron chi connectivity index (χ2n) is 9.05. The molecule has 0 aliphatic rings. The van der Waals surface area contributed by atoms with Crippen molar-refractivity contribution in [3.8, 4) is 0 Å². The first kappa shape index (κ1) is 28.1. The average Bonchev–Trinajstić information content (AvgIpc) is 2.84. The van der Waals surface area contributed by atoms with Gasteiger partial charge < -0.3 is 10.2 Å². The third-order valence-corrected chi connectivity index (χ3v) is 7.36. The molecule has 0 aromatic heterocycles. The highest BCUT2D eigenvalue weighted by atomic mass is 35.5. The number of nitrogens with one attached hydrogen (secondary N) is 1. The number of hydrogen-bond donors (Lipinski definition) is 1. The Morgan fingerprint density at radius 2 is 1.64 bits per heavy atom. The topological polar surface area (TPSA) is 49.4 Å². The standard InChI is InChI=1S/C29H32Cl2N2O2S/c1-20(2)32-29(35)27(15-22-10-5-4-6-11-22)33(17-23-13-14-25(30)16-26(23)31)28(34)19-36-18-24-12-8-7-9-21(24)3/h4-14,16,20,27H,15,17-19H2,1-3H3,(H,32,35)/t27-/m1/s1. The van der Waals surface area contributed by atoms with Crippen LogP contribution in [0, 0.1) is 6.92 Å². The number of thioether (sulfide) groups is 1. The maximum atomic E-state index is 13.7. The van der Waals surface area contributed by atoms with Crippen LogP contribution in [0.3, 0.4) is 0 Å². The van der Waals surface area contributed by atoms with Crippen molar-refractivity contribution in [1.82, 2.24) is 10.2 Å². The van der Waals surface area contributed by atoms with Gasteiger partial charge in [-0.3, -0.25) is 9.59 Å². The number of benzene rings is 3. The molecule has 2 amide bonds. The van der Waals surface area contributed by atoms with E-state index in [4.69, 9.17) is 23.2 Å². The molecule has 3 rings (SSSR count). The molecular formula is C29H32Cl2N2O2S. The Morgan fingerprint density at radius 3 is 2.31 bits per heavy atom. The van der Waals surface area contributed by atoms with Gasteiger partial charge >= 0.3 is 0 Å². The van der Waals surface area contributed by atoms with E-state index in [1.54, 1.807) is 28.8 Å². The molecule has 0 aliphatic heterocycles. The Bertz CT molecular complexity index is 1170. The first-order valence-corrected chi connectivity index (χ1v) is 13.9. The number of nitrogens with zero attached hydrogens (tertiary/aromatic N) is 1. The van der Waals surface area contributed by atoms with Gasteiger partial charge in [-0.1, -0.05) is 83.9 Å². The molecule has 0 unspecified atom stereocenters. The van der Waals surface area contributed by atoms with Crippen LogP contribution in [-0.2, 0) is 28.3 Å². The van der Waals surface area contributed by atoms with Crippen LogP contribution in [-0.4, -0.2) is 34.6 Å². The lowest BCUT2D eigenvalue weighted by Gasteiger charge is -2.32. The smallest absolute Gasteiger partial charge is 0.243 e. The lowest BCUT2D eigenvalue weighted by atomic mass is 10.0. The number of carbonyl (C=O) groups is 2. The summed E-state index contributed by atoms with van der Waals surface area (Å²) in [5, 5.41) is 3.99. The number of carbonyl (C=O) groups excluding carboxylic acids is 2. The Balaban J connectivity index is 1.88. The zero-order valence-electron chi connectivity index (χ0n) is 20.8. The summed E-state index contributed by atoms with van der Waals surface area (Å²) in [6, 6.07) is 22.4. The highest BCUT2D eigenvalue weighted by molar-refractivity contribution is 7.99. The average molecular weight is 544 g/mol. The third-order valence-electron chi connectivity index (χ3n) is 5.80. The van der Waals surface area contributed by atoms with Crippen LogP contribution < -0.4 is 5.32 Å². The normalized spacial score (nSPS) is 11.8. The fourth-order valence-electron chi connectivity index (χ4n) is 3.87. The van der Waals surface area contributed by atoms with Crippen molar-refractivity contribution in [2.45, 2.75) is 51.6 Å². The molecule has 7 heteroatoms. The van der Waals surface area contributed by atoms with Gasteiger partial charge in [0, 0.05) is 34.8 Å². The molecule has 0 saturated heterocycles. The Hall–Kier alpha value is -2.47. The minimum absolute atomic E-state index is 0.0534. The quantitative estimate of drug-likeness (QED) is 0.293. The van der Waals surface area contributed by atoms with E-state index in [9.17, 15) is 9.59 Å². The van der Waals surface area contributed by atoms with Crippen LogP contribution in [0.25, 0.3) is 0 Å². The van der Waals surface area contributed by atoms with E-state index >= 15 is 0 Å². The summed E-state index contributed by atoms with van der Waals surface area (Å²) in [5.41, 5.74) is 4.12. The van der Waals surface area contributed by atoms with Gasteiger partial charge in [0.05, 0.1) is 5.75 Å². The van der Waals surface area contributed by atoms with Crippen molar-refractivity contribution in [3.05, 3.63) is 105 Å². The SMILES string of the molecule is Cc1ccccc1CSCC(=O)N(Cc1ccc(Cl)cc1Cl)[C@H](Cc1ccccc1)C(=O)NC(C)C. The van der Waals surface area contributed by atoms with Crippen molar-refractivity contribution in [2.75, 3.05) is 5.75 Å². The first-order chi connectivity index (χ1) is 17.2. The number of rotatable bonds is 11. The van der Waals surface area contributed by atoms with Gasteiger partial charge in [0.2, 0.25) is 11.8 Å². The van der Waals surface area contributed by atoms with E-state index in [1.165, 1.54) is 11.1 Å². The molecule has 36 heavy (non-hydrogen) atoms. The monoisotopic (exact) mass is 542 g/mol. The van der Waals surface area contributed by atoms with Gasteiger partial charge in [0.15, 0.2) is 0 Å². The van der Waals surface area contributed by atoms with Crippen molar-refractivity contribution >= 4 is 46.8 Å². The molecule has 0 fully saturated rings. The Kier molecular flexibility index (Phi) is 10.7. The summed E-state index contributed by atoms with van der Waals surface area (Å²) < 4.78 is 0. The molecule has 0 spiro atoms. The summed E-state index contributed by atoms with van der Waals surface area (Å²) in [6.07, 6.45) is 0.402. The van der Waals surface area contributed by atoms with Crippen LogP contribution in [0.1, 0.15) is 36.1 Å². The van der Waals surface area contributed by atoms with Gasteiger partial charge in [-0.2, -0.15) is 0 Å². The number of hydrogen-bond acceptors (Lipinski definition) is 3. The lowest BCUT2D eigenvalue weighted by Crippen LogP contribution is -2.52. The van der Waals surface area contributed by atoms with E-state index in [0.29, 0.717) is 16.5 Å². The summed E-state index contributed by atoms with van der Waals surface area (Å²) in [7, 11) is 0. The number of aryl methyl sites for hydroxylation is 1. The predicted octanol–water partition coefficient (Wildman–Crippen LogP) is 6.70. The zero-order valence-corrected chi connectivity index (χ0v) is 23.2. The lowest BCUT2D eigenvalue weighted by molar-refractivity contribution is -0.139. The maximum Gasteiger partial charge on any atom is 0.243 e. The third kappa shape index (κ3) is 8.29. The second-order valence-corrected chi connectivity index (χ2v) is 10.9. The van der Waals surface area contributed by atoms with Gasteiger partial charge in [0.1, 0.15) is 6.04 Å². The molecule has 0 radical (unpaired) electrons. The molecule has 190 valence electrons. The van der Waals surface area contributed by atoms with E-state index in [0.717, 1.165) is 16.9 Å². The summed E-state index contributed by atoms with van der Waals surface area (Å²) in [5.74, 6) is 0.672. The Labute approximate surface area is 228 Å². The van der Waals surface area contributed by atoms with Crippen molar-refractivity contribution < 1.29 is 9.59 Å².